The van der Waals surface area contributed by atoms with Crippen molar-refractivity contribution < 1.29 is 4.42 Å². The van der Waals surface area contributed by atoms with Gasteiger partial charge in [0.1, 0.15) is 5.58 Å². The Morgan fingerprint density at radius 2 is 0.975 bits per heavy atom. The molecule has 79 heavy (non-hydrogen) atoms. The van der Waals surface area contributed by atoms with E-state index in [1.54, 1.807) is 5.56 Å². The molecule has 4 nitrogen and oxygen atoms in total. The summed E-state index contributed by atoms with van der Waals surface area (Å²) in [5.74, 6) is 0. The number of hydrogen-bond donors (Lipinski definition) is 0. The molecule has 1 aromatic heterocycles. The fourth-order valence-corrected chi connectivity index (χ4v) is 17.0. The Hall–Kier alpha value is -5.68. The van der Waals surface area contributed by atoms with Gasteiger partial charge in [-0.2, -0.15) is 0 Å². The molecule has 0 radical (unpaired) electrons. The van der Waals surface area contributed by atoms with Crippen molar-refractivity contribution in [3.63, 3.8) is 0 Å². The predicted molar refractivity (Wildman–Crippen MR) is 338 cm³/mol. The monoisotopic (exact) mass is 1050 g/mol. The van der Waals surface area contributed by atoms with Gasteiger partial charge in [0, 0.05) is 50.6 Å². The number of rotatable bonds is 3. The molecule has 2 fully saturated rings. The second-order valence-corrected chi connectivity index (χ2v) is 31.8. The fourth-order valence-electron chi connectivity index (χ4n) is 17.0. The van der Waals surface area contributed by atoms with Crippen LogP contribution < -0.4 is 31.3 Å². The summed E-state index contributed by atoms with van der Waals surface area (Å²) in [5.41, 5.74) is 26.6. The van der Waals surface area contributed by atoms with Gasteiger partial charge in [0.05, 0.1) is 16.9 Å². The zero-order valence-electron chi connectivity index (χ0n) is 51.2. The minimum absolute atomic E-state index is 0.0205. The van der Waals surface area contributed by atoms with Crippen LogP contribution in [0.5, 0.6) is 0 Å². The molecule has 5 aliphatic carbocycles. The van der Waals surface area contributed by atoms with Gasteiger partial charge >= 0.3 is 0 Å². The lowest BCUT2D eigenvalue weighted by Gasteiger charge is -2.52. The molecule has 408 valence electrons. The van der Waals surface area contributed by atoms with E-state index in [0.717, 1.165) is 24.1 Å². The van der Waals surface area contributed by atoms with Crippen LogP contribution >= 0.6 is 0 Å². The molecule has 15 rings (SSSR count). The Morgan fingerprint density at radius 1 is 0.430 bits per heavy atom. The SMILES string of the molecule is CC(C)(C)c1ccc(N2c3ccc(C(C)(C)C)cc3B3c4oc5cc6c(cc5c4N(c4ccc5c(c4)C(C)(C)CCC5(C)C)c4cc(N5c7ccc(C(C)(C)C)cc7C7(C)CCCCC57C)cc2c43)C2(C)CCC6(C)CC2)cc1. The first kappa shape index (κ1) is 51.5. The highest BCUT2D eigenvalue weighted by atomic mass is 16.3. The van der Waals surface area contributed by atoms with Crippen molar-refractivity contribution in [2.75, 3.05) is 14.7 Å². The number of nitrogens with zero attached hydrogens (tertiary/aromatic N) is 3. The number of benzene rings is 6. The predicted octanol–water partition coefficient (Wildman–Crippen LogP) is 18.6. The standard InChI is InChI=1S/C74H88BN3O/c1-66(2,3)45-20-24-48(25-21-45)76-59-29-23-47(68(7,8)9)39-57(59)75-63-60(76)41-50(78-58-28-22-46(67(4,5)6)38-56(58)73(16)30-18-19-31-74(73,78)17)42-61(63)77(49-26-27-52-53(40-49)70(12,13)33-32-69(52,10)11)64-51-43-54-55(44-62(51)79-65(64)75)72(15)36-34-71(54,14)35-37-72/h20-29,38-44H,18-19,30-37H2,1-17H3. The Balaban J connectivity index is 1.13. The molecule has 0 saturated heterocycles. The van der Waals surface area contributed by atoms with Crippen molar-refractivity contribution in [1.82, 2.24) is 0 Å². The lowest BCUT2D eigenvalue weighted by Crippen LogP contribution is -2.61. The lowest BCUT2D eigenvalue weighted by atomic mass is 9.35. The third kappa shape index (κ3) is 7.11. The zero-order valence-corrected chi connectivity index (χ0v) is 51.2. The molecule has 6 aromatic carbocycles. The van der Waals surface area contributed by atoms with Gasteiger partial charge in [-0.1, -0.05) is 166 Å². The summed E-state index contributed by atoms with van der Waals surface area (Å²) in [6, 6.07) is 42.7. The number of fused-ring (bicyclic) bond motifs is 12. The van der Waals surface area contributed by atoms with Crippen molar-refractivity contribution >= 4 is 79.8 Å². The summed E-state index contributed by atoms with van der Waals surface area (Å²) < 4.78 is 7.85. The van der Waals surface area contributed by atoms with Crippen LogP contribution in [0.2, 0.25) is 0 Å². The Bertz CT molecular complexity index is 3730. The maximum Gasteiger partial charge on any atom is 0.297 e. The van der Waals surface area contributed by atoms with E-state index in [1.807, 2.05) is 0 Å². The van der Waals surface area contributed by atoms with Crippen molar-refractivity contribution in [3.8, 4) is 0 Å². The second-order valence-electron chi connectivity index (χ2n) is 31.8. The van der Waals surface area contributed by atoms with E-state index in [-0.39, 0.29) is 55.6 Å². The van der Waals surface area contributed by atoms with Gasteiger partial charge in [-0.25, -0.2) is 0 Å². The third-order valence-electron chi connectivity index (χ3n) is 22.7. The van der Waals surface area contributed by atoms with Crippen molar-refractivity contribution in [1.29, 1.82) is 0 Å². The van der Waals surface area contributed by atoms with Crippen LogP contribution in [0.1, 0.15) is 226 Å². The first-order valence-corrected chi connectivity index (χ1v) is 30.7. The van der Waals surface area contributed by atoms with Crippen LogP contribution in [0.15, 0.2) is 108 Å². The smallest absolute Gasteiger partial charge is 0.297 e. The molecular weight excluding hydrogens is 958 g/mol. The van der Waals surface area contributed by atoms with E-state index in [4.69, 9.17) is 4.42 Å². The molecule has 7 aromatic rings. The topological polar surface area (TPSA) is 22.9 Å². The quantitative estimate of drug-likeness (QED) is 0.165. The number of anilines is 8. The van der Waals surface area contributed by atoms with E-state index >= 15 is 0 Å². The highest BCUT2D eigenvalue weighted by molar-refractivity contribution is 7.00. The summed E-state index contributed by atoms with van der Waals surface area (Å²) in [6.07, 6.45) is 12.1. The van der Waals surface area contributed by atoms with Gasteiger partial charge in [0.15, 0.2) is 0 Å². The van der Waals surface area contributed by atoms with E-state index < -0.39 is 0 Å². The molecule has 0 spiro atoms. The van der Waals surface area contributed by atoms with E-state index in [1.165, 1.54) is 152 Å². The summed E-state index contributed by atoms with van der Waals surface area (Å²) in [4.78, 5) is 8.24. The highest BCUT2D eigenvalue weighted by Crippen LogP contribution is 2.63. The van der Waals surface area contributed by atoms with Crippen LogP contribution in [0, 0.1) is 0 Å². The van der Waals surface area contributed by atoms with E-state index in [0.29, 0.717) is 0 Å². The van der Waals surface area contributed by atoms with Crippen LogP contribution in [0.25, 0.3) is 11.0 Å². The molecule has 2 atom stereocenters. The normalized spacial score (nSPS) is 26.1. The van der Waals surface area contributed by atoms with Gasteiger partial charge in [-0.15, -0.1) is 0 Å². The molecular formula is C74H88BN3O. The summed E-state index contributed by atoms with van der Waals surface area (Å²) in [5, 5.41) is 1.25. The zero-order chi connectivity index (χ0) is 55.7. The van der Waals surface area contributed by atoms with Gasteiger partial charge in [-0.3, -0.25) is 0 Å². The van der Waals surface area contributed by atoms with Crippen molar-refractivity contribution in [2.24, 2.45) is 0 Å². The average molecular weight is 1050 g/mol. The lowest BCUT2D eigenvalue weighted by molar-refractivity contribution is 0.188. The second kappa shape index (κ2) is 16.1. The average Bonchev–Trinajstić information content (AvgIpc) is 2.57. The summed E-state index contributed by atoms with van der Waals surface area (Å²) in [6.45, 7) is 41.4. The number of hydrogen-bond acceptors (Lipinski definition) is 4. The van der Waals surface area contributed by atoms with Crippen LogP contribution in [0.3, 0.4) is 0 Å². The molecule has 0 N–H and O–H groups in total. The molecule has 8 aliphatic rings. The van der Waals surface area contributed by atoms with E-state index in [2.05, 4.69) is 236 Å². The van der Waals surface area contributed by atoms with E-state index in [9.17, 15) is 0 Å². The maximum atomic E-state index is 7.85. The summed E-state index contributed by atoms with van der Waals surface area (Å²) >= 11 is 0. The minimum Gasteiger partial charge on any atom is -0.468 e. The Labute approximate surface area is 474 Å². The summed E-state index contributed by atoms with van der Waals surface area (Å²) in [7, 11) is 0. The van der Waals surface area contributed by atoms with Crippen LogP contribution in [-0.2, 0) is 43.3 Å². The Morgan fingerprint density at radius 3 is 1.61 bits per heavy atom. The van der Waals surface area contributed by atoms with Crippen molar-refractivity contribution in [2.45, 2.75) is 231 Å². The van der Waals surface area contributed by atoms with Gasteiger partial charge in [-0.05, 0) is 212 Å². The molecule has 2 unspecified atom stereocenters. The van der Waals surface area contributed by atoms with Gasteiger partial charge < -0.3 is 19.1 Å². The number of furan rings is 1. The maximum absolute atomic E-state index is 7.85. The third-order valence-corrected chi connectivity index (χ3v) is 22.7. The van der Waals surface area contributed by atoms with Gasteiger partial charge in [0.25, 0.3) is 6.71 Å². The fraction of sp³-hybridized carbons (Fsp3) is 0.486. The van der Waals surface area contributed by atoms with Gasteiger partial charge in [0.2, 0.25) is 0 Å². The molecule has 2 bridgehead atoms. The first-order valence-electron chi connectivity index (χ1n) is 30.7. The van der Waals surface area contributed by atoms with Crippen LogP contribution in [0.4, 0.5) is 45.5 Å². The van der Waals surface area contributed by atoms with Crippen LogP contribution in [-0.4, -0.2) is 12.3 Å². The first-order chi connectivity index (χ1) is 37.0. The molecule has 2 saturated carbocycles. The largest absolute Gasteiger partial charge is 0.468 e. The molecule has 5 heteroatoms. The highest BCUT2D eigenvalue weighted by Gasteiger charge is 2.59. The minimum atomic E-state index is -0.157. The van der Waals surface area contributed by atoms with Crippen molar-refractivity contribution in [3.05, 3.63) is 148 Å². The molecule has 4 heterocycles. The molecule has 0 amide bonds. The molecule has 3 aliphatic heterocycles. The Kier molecular flexibility index (Phi) is 10.5.